The average molecular weight is 422 g/mol. The van der Waals surface area contributed by atoms with E-state index in [0.29, 0.717) is 5.71 Å². The third-order valence-electron chi connectivity index (χ3n) is 3.93. The van der Waals surface area contributed by atoms with Crippen LogP contribution >= 0.6 is 31.9 Å². The number of carbonyl (C=O) groups is 1. The molecule has 3 rings (SSSR count). The summed E-state index contributed by atoms with van der Waals surface area (Å²) in [5.41, 5.74) is 6.18. The average Bonchev–Trinajstić information content (AvgIpc) is 2.76. The molecule has 0 atom stereocenters. The lowest BCUT2D eigenvalue weighted by atomic mass is 10.1. The highest BCUT2D eigenvalue weighted by Gasteiger charge is 2.28. The third kappa shape index (κ3) is 2.52. The largest absolute Gasteiger partial charge is 0.320 e. The lowest BCUT2D eigenvalue weighted by Crippen LogP contribution is -2.14. The first-order chi connectivity index (χ1) is 10.4. The topological polar surface area (TPSA) is 41.5 Å². The summed E-state index contributed by atoms with van der Waals surface area (Å²) >= 11 is 7.00. The number of fused-ring (bicyclic) bond motifs is 1. The van der Waals surface area contributed by atoms with Gasteiger partial charge in [-0.1, -0.05) is 31.9 Å². The summed E-state index contributed by atoms with van der Waals surface area (Å²) in [6, 6.07) is 7.80. The maximum absolute atomic E-state index is 12.3. The Morgan fingerprint density at radius 3 is 2.50 bits per heavy atom. The van der Waals surface area contributed by atoms with E-state index in [1.54, 1.807) is 0 Å². The van der Waals surface area contributed by atoms with Gasteiger partial charge in [0.15, 0.2) is 0 Å². The molecule has 3 nitrogen and oxygen atoms in total. The molecule has 0 aromatic heterocycles. The molecule has 0 saturated heterocycles. The molecule has 0 radical (unpaired) electrons. The van der Waals surface area contributed by atoms with Crippen LogP contribution in [0.25, 0.3) is 0 Å². The predicted molar refractivity (Wildman–Crippen MR) is 97.3 cm³/mol. The minimum Gasteiger partial charge on any atom is -0.320 e. The van der Waals surface area contributed by atoms with Crippen LogP contribution in [0.15, 0.2) is 38.2 Å². The van der Waals surface area contributed by atoms with Crippen molar-refractivity contribution < 1.29 is 4.79 Å². The number of nitrogens with zero attached hydrogens (tertiary/aromatic N) is 1. The van der Waals surface area contributed by atoms with Crippen molar-refractivity contribution >= 4 is 54.9 Å². The molecule has 1 N–H and O–H groups in total. The Labute approximate surface area is 146 Å². The SMILES string of the molecule is Cc1cc(Br)cc2c1NC(=O)C2=Nc1ccc(Br)c(C)c1C. The fourth-order valence-corrected chi connectivity index (χ4v) is 3.52. The van der Waals surface area contributed by atoms with E-state index in [1.807, 2.05) is 45.0 Å². The Bertz CT molecular complexity index is 841. The van der Waals surface area contributed by atoms with E-state index < -0.39 is 0 Å². The molecule has 1 heterocycles. The van der Waals surface area contributed by atoms with Gasteiger partial charge in [0.05, 0.1) is 11.4 Å². The van der Waals surface area contributed by atoms with Crippen LogP contribution < -0.4 is 5.32 Å². The molecule has 112 valence electrons. The molecule has 1 amide bonds. The first-order valence-corrected chi connectivity index (χ1v) is 8.43. The Balaban J connectivity index is 2.19. The molecule has 1 aliphatic rings. The summed E-state index contributed by atoms with van der Waals surface area (Å²) in [5.74, 6) is -0.156. The van der Waals surface area contributed by atoms with Crippen LogP contribution in [-0.2, 0) is 4.79 Å². The van der Waals surface area contributed by atoms with Crippen molar-refractivity contribution in [3.8, 4) is 0 Å². The highest BCUT2D eigenvalue weighted by Crippen LogP contribution is 2.34. The second-order valence-corrected chi connectivity index (χ2v) is 7.15. The minimum atomic E-state index is -0.156. The molecule has 0 fully saturated rings. The van der Waals surface area contributed by atoms with Gasteiger partial charge in [-0.25, -0.2) is 4.99 Å². The quantitative estimate of drug-likeness (QED) is 0.674. The van der Waals surface area contributed by atoms with Crippen LogP contribution in [0.1, 0.15) is 22.3 Å². The van der Waals surface area contributed by atoms with Gasteiger partial charge in [-0.2, -0.15) is 0 Å². The van der Waals surface area contributed by atoms with Crippen LogP contribution in [0.2, 0.25) is 0 Å². The van der Waals surface area contributed by atoms with Gasteiger partial charge in [-0.05, 0) is 61.7 Å². The first-order valence-electron chi connectivity index (χ1n) is 6.84. The standard InChI is InChI=1S/C17H14Br2N2O/c1-8-6-11(18)7-12-15(8)21-17(22)16(12)20-14-5-4-13(19)9(2)10(14)3/h4-7H,1-3H3,(H,20,21,22). The highest BCUT2D eigenvalue weighted by molar-refractivity contribution is 9.10. The molecule has 0 aliphatic carbocycles. The zero-order valence-corrected chi connectivity index (χ0v) is 15.6. The van der Waals surface area contributed by atoms with Gasteiger partial charge in [-0.3, -0.25) is 4.79 Å². The van der Waals surface area contributed by atoms with Gasteiger partial charge in [0.25, 0.3) is 5.91 Å². The summed E-state index contributed by atoms with van der Waals surface area (Å²) in [6.07, 6.45) is 0. The lowest BCUT2D eigenvalue weighted by molar-refractivity contribution is -0.110. The fraction of sp³-hybridized carbons (Fsp3) is 0.176. The number of rotatable bonds is 1. The predicted octanol–water partition coefficient (Wildman–Crippen LogP) is 5.21. The molecule has 2 aromatic rings. The Morgan fingerprint density at radius 1 is 1.05 bits per heavy atom. The van der Waals surface area contributed by atoms with Crippen LogP contribution in [0, 0.1) is 20.8 Å². The summed E-state index contributed by atoms with van der Waals surface area (Å²) in [7, 11) is 0. The molecule has 0 unspecified atom stereocenters. The van der Waals surface area contributed by atoms with Crippen molar-refractivity contribution in [2.24, 2.45) is 4.99 Å². The van der Waals surface area contributed by atoms with Crippen molar-refractivity contribution in [1.82, 2.24) is 0 Å². The number of aliphatic imine (C=N–C) groups is 1. The van der Waals surface area contributed by atoms with Crippen LogP contribution in [0.5, 0.6) is 0 Å². The number of carbonyl (C=O) groups excluding carboxylic acids is 1. The summed E-state index contributed by atoms with van der Waals surface area (Å²) < 4.78 is 1.99. The zero-order chi connectivity index (χ0) is 16.0. The minimum absolute atomic E-state index is 0.156. The number of halogens is 2. The Kier molecular flexibility index (Phi) is 3.95. The van der Waals surface area contributed by atoms with Gasteiger partial charge in [0.2, 0.25) is 0 Å². The number of amides is 1. The second-order valence-electron chi connectivity index (χ2n) is 5.38. The number of nitrogens with one attached hydrogen (secondary N) is 1. The zero-order valence-electron chi connectivity index (χ0n) is 12.4. The Morgan fingerprint density at radius 2 is 1.77 bits per heavy atom. The molecule has 2 aromatic carbocycles. The van der Waals surface area contributed by atoms with Gasteiger partial charge in [0, 0.05) is 14.5 Å². The van der Waals surface area contributed by atoms with Gasteiger partial charge in [-0.15, -0.1) is 0 Å². The van der Waals surface area contributed by atoms with Crippen LogP contribution in [-0.4, -0.2) is 11.6 Å². The maximum Gasteiger partial charge on any atom is 0.275 e. The monoisotopic (exact) mass is 420 g/mol. The molecular weight excluding hydrogens is 408 g/mol. The van der Waals surface area contributed by atoms with Crippen molar-refractivity contribution in [3.63, 3.8) is 0 Å². The lowest BCUT2D eigenvalue weighted by Gasteiger charge is -2.07. The van der Waals surface area contributed by atoms with E-state index in [4.69, 9.17) is 0 Å². The van der Waals surface area contributed by atoms with Gasteiger partial charge >= 0.3 is 0 Å². The van der Waals surface area contributed by atoms with E-state index in [0.717, 1.165) is 42.6 Å². The van der Waals surface area contributed by atoms with Gasteiger partial charge in [0.1, 0.15) is 5.71 Å². The molecule has 22 heavy (non-hydrogen) atoms. The maximum atomic E-state index is 12.3. The van der Waals surface area contributed by atoms with E-state index in [9.17, 15) is 4.79 Å². The summed E-state index contributed by atoms with van der Waals surface area (Å²) in [5, 5.41) is 2.91. The second kappa shape index (κ2) is 5.63. The molecule has 0 spiro atoms. The number of aryl methyl sites for hydroxylation is 1. The number of benzene rings is 2. The smallest absolute Gasteiger partial charge is 0.275 e. The van der Waals surface area contributed by atoms with Crippen molar-refractivity contribution in [3.05, 3.63) is 55.5 Å². The van der Waals surface area contributed by atoms with Crippen molar-refractivity contribution in [2.75, 3.05) is 5.32 Å². The summed E-state index contributed by atoms with van der Waals surface area (Å²) in [6.45, 7) is 6.02. The number of anilines is 1. The fourth-order valence-electron chi connectivity index (χ4n) is 2.52. The molecule has 0 saturated carbocycles. The van der Waals surface area contributed by atoms with E-state index >= 15 is 0 Å². The normalized spacial score (nSPS) is 15.1. The summed E-state index contributed by atoms with van der Waals surface area (Å²) in [4.78, 5) is 16.9. The van der Waals surface area contributed by atoms with Crippen LogP contribution in [0.4, 0.5) is 11.4 Å². The molecular formula is C17H14Br2N2O. The van der Waals surface area contributed by atoms with Crippen LogP contribution in [0.3, 0.4) is 0 Å². The molecule has 1 aliphatic heterocycles. The molecule has 5 heteroatoms. The first kappa shape index (κ1) is 15.4. The highest BCUT2D eigenvalue weighted by atomic mass is 79.9. The Hall–Kier alpha value is -1.46. The van der Waals surface area contributed by atoms with Gasteiger partial charge < -0.3 is 5.32 Å². The molecule has 0 bridgehead atoms. The van der Waals surface area contributed by atoms with Crippen molar-refractivity contribution in [2.45, 2.75) is 20.8 Å². The third-order valence-corrected chi connectivity index (χ3v) is 5.25. The number of hydrogen-bond acceptors (Lipinski definition) is 2. The van der Waals surface area contributed by atoms with E-state index in [2.05, 4.69) is 42.2 Å². The van der Waals surface area contributed by atoms with Crippen molar-refractivity contribution in [1.29, 1.82) is 0 Å². The number of hydrogen-bond donors (Lipinski definition) is 1. The van der Waals surface area contributed by atoms with E-state index in [-0.39, 0.29) is 5.91 Å². The van der Waals surface area contributed by atoms with E-state index in [1.165, 1.54) is 0 Å².